The van der Waals surface area contributed by atoms with E-state index in [1.54, 1.807) is 6.20 Å². The van der Waals surface area contributed by atoms with Gasteiger partial charge in [-0.2, -0.15) is 0 Å². The molecule has 4 nitrogen and oxygen atoms in total. The molecule has 4 aromatic rings. The van der Waals surface area contributed by atoms with E-state index in [1.165, 1.54) is 11.3 Å². The number of thiazole rings is 1. The van der Waals surface area contributed by atoms with Gasteiger partial charge in [-0.15, -0.1) is 11.3 Å². The predicted octanol–water partition coefficient (Wildman–Crippen LogP) is 4.95. The number of rotatable bonds is 4. The summed E-state index contributed by atoms with van der Waals surface area (Å²) in [4.78, 5) is 13.2. The third-order valence-electron chi connectivity index (χ3n) is 3.55. The fourth-order valence-electron chi connectivity index (χ4n) is 2.47. The first-order valence-electron chi connectivity index (χ1n) is 7.18. The first-order chi connectivity index (χ1) is 11.3. The fourth-order valence-corrected chi connectivity index (χ4v) is 3.39. The monoisotopic (exact) mass is 340 g/mol. The first-order valence-corrected chi connectivity index (χ1v) is 8.37. The van der Waals surface area contributed by atoms with Crippen LogP contribution in [0.1, 0.15) is 4.88 Å². The number of nitrogens with one attached hydrogen (secondary N) is 2. The molecule has 2 heterocycles. The van der Waals surface area contributed by atoms with E-state index >= 15 is 0 Å². The van der Waals surface area contributed by atoms with Crippen LogP contribution in [0.3, 0.4) is 0 Å². The maximum Gasteiger partial charge on any atom is 0.183 e. The molecule has 0 amide bonds. The van der Waals surface area contributed by atoms with Gasteiger partial charge in [-0.3, -0.25) is 0 Å². The van der Waals surface area contributed by atoms with E-state index in [0.717, 1.165) is 33.0 Å². The summed E-state index contributed by atoms with van der Waals surface area (Å²) in [5.74, 6) is 0.858. The Hall–Kier alpha value is -2.37. The van der Waals surface area contributed by atoms with Gasteiger partial charge in [-0.1, -0.05) is 35.9 Å². The van der Waals surface area contributed by atoms with Crippen LogP contribution in [-0.2, 0) is 6.54 Å². The Balaban J connectivity index is 1.66. The number of hydrogen-bond donors (Lipinski definition) is 2. The molecule has 6 heteroatoms. The van der Waals surface area contributed by atoms with Crippen LogP contribution < -0.4 is 5.32 Å². The second kappa shape index (κ2) is 6.02. The molecule has 0 aliphatic rings. The van der Waals surface area contributed by atoms with E-state index in [9.17, 15) is 0 Å². The molecule has 4 rings (SSSR count). The molecule has 0 spiro atoms. The highest BCUT2D eigenvalue weighted by atomic mass is 35.5. The summed E-state index contributed by atoms with van der Waals surface area (Å²) >= 11 is 7.36. The molecule has 23 heavy (non-hydrogen) atoms. The van der Waals surface area contributed by atoms with Crippen molar-refractivity contribution in [1.29, 1.82) is 0 Å². The lowest BCUT2D eigenvalue weighted by atomic mass is 10.1. The number of para-hydroxylation sites is 3. The minimum absolute atomic E-state index is 0.562. The highest BCUT2D eigenvalue weighted by Crippen LogP contribution is 2.28. The van der Waals surface area contributed by atoms with Gasteiger partial charge in [-0.05, 0) is 24.3 Å². The molecular weight excluding hydrogens is 328 g/mol. The third kappa shape index (κ3) is 2.93. The van der Waals surface area contributed by atoms with Gasteiger partial charge in [0.15, 0.2) is 4.47 Å². The van der Waals surface area contributed by atoms with E-state index in [2.05, 4.69) is 26.3 Å². The van der Waals surface area contributed by atoms with Gasteiger partial charge in [0.25, 0.3) is 0 Å². The van der Waals surface area contributed by atoms with Crippen LogP contribution in [0.25, 0.3) is 22.4 Å². The molecular formula is C17H13ClN4S. The summed E-state index contributed by atoms with van der Waals surface area (Å²) in [6.07, 6.45) is 1.80. The van der Waals surface area contributed by atoms with E-state index in [0.29, 0.717) is 11.0 Å². The zero-order valence-corrected chi connectivity index (χ0v) is 13.7. The number of aromatic amines is 1. The Morgan fingerprint density at radius 1 is 1.09 bits per heavy atom. The van der Waals surface area contributed by atoms with Crippen molar-refractivity contribution in [1.82, 2.24) is 15.0 Å². The number of hydrogen-bond acceptors (Lipinski definition) is 4. The minimum atomic E-state index is 0.562. The molecule has 0 unspecified atom stereocenters. The Kier molecular flexibility index (Phi) is 3.73. The number of anilines is 1. The van der Waals surface area contributed by atoms with Crippen molar-refractivity contribution < 1.29 is 0 Å². The Morgan fingerprint density at radius 3 is 2.74 bits per heavy atom. The summed E-state index contributed by atoms with van der Waals surface area (Å²) < 4.78 is 0.562. The van der Waals surface area contributed by atoms with Crippen molar-refractivity contribution >= 4 is 39.7 Å². The maximum atomic E-state index is 5.88. The van der Waals surface area contributed by atoms with Gasteiger partial charge in [0.1, 0.15) is 5.82 Å². The standard InChI is InChI=1S/C17H13ClN4S/c18-17-20-10-11(23-17)9-19-13-6-2-1-5-12(13)16-21-14-7-3-4-8-15(14)22-16/h1-8,10,19H,9H2,(H,21,22). The van der Waals surface area contributed by atoms with Crippen molar-refractivity contribution in [3.63, 3.8) is 0 Å². The molecule has 2 N–H and O–H groups in total. The molecule has 0 saturated carbocycles. The highest BCUT2D eigenvalue weighted by Gasteiger charge is 2.09. The second-order valence-electron chi connectivity index (χ2n) is 5.08. The molecule has 0 atom stereocenters. The highest BCUT2D eigenvalue weighted by molar-refractivity contribution is 7.15. The number of imidazole rings is 1. The van der Waals surface area contributed by atoms with Crippen molar-refractivity contribution in [3.05, 3.63) is 64.1 Å². The average Bonchev–Trinajstić information content (AvgIpc) is 3.19. The minimum Gasteiger partial charge on any atom is -0.379 e. The number of H-pyrrole nitrogens is 1. The lowest BCUT2D eigenvalue weighted by Crippen LogP contribution is -1.99. The predicted molar refractivity (Wildman–Crippen MR) is 96.0 cm³/mol. The van der Waals surface area contributed by atoms with Gasteiger partial charge in [0, 0.05) is 22.3 Å². The van der Waals surface area contributed by atoms with Gasteiger partial charge in [-0.25, -0.2) is 9.97 Å². The van der Waals surface area contributed by atoms with Crippen molar-refractivity contribution in [3.8, 4) is 11.4 Å². The largest absolute Gasteiger partial charge is 0.379 e. The van der Waals surface area contributed by atoms with Crippen LogP contribution in [0.2, 0.25) is 4.47 Å². The van der Waals surface area contributed by atoms with Crippen molar-refractivity contribution in [2.24, 2.45) is 0 Å². The Labute approximate surface area is 142 Å². The van der Waals surface area contributed by atoms with Crippen molar-refractivity contribution in [2.75, 3.05) is 5.32 Å². The Bertz CT molecular complexity index is 927. The summed E-state index contributed by atoms with van der Waals surface area (Å²) in [5, 5.41) is 3.44. The Morgan fingerprint density at radius 2 is 1.91 bits per heavy atom. The summed E-state index contributed by atoms with van der Waals surface area (Å²) in [6.45, 7) is 0.682. The quantitative estimate of drug-likeness (QED) is 0.552. The molecule has 2 aromatic heterocycles. The number of nitrogens with zero attached hydrogens (tertiary/aromatic N) is 2. The van der Waals surface area contributed by atoms with Crippen LogP contribution in [-0.4, -0.2) is 15.0 Å². The number of fused-ring (bicyclic) bond motifs is 1. The van der Waals surface area contributed by atoms with Crippen molar-refractivity contribution in [2.45, 2.75) is 6.54 Å². The van der Waals surface area contributed by atoms with Gasteiger partial charge < -0.3 is 10.3 Å². The lowest BCUT2D eigenvalue weighted by Gasteiger charge is -2.09. The molecule has 0 aliphatic heterocycles. The molecule has 2 aromatic carbocycles. The second-order valence-corrected chi connectivity index (χ2v) is 6.78. The van der Waals surface area contributed by atoms with Crippen LogP contribution in [0.15, 0.2) is 54.7 Å². The zero-order chi connectivity index (χ0) is 15.6. The van der Waals surface area contributed by atoms with Gasteiger partial charge >= 0.3 is 0 Å². The summed E-state index contributed by atoms with van der Waals surface area (Å²) in [5.41, 5.74) is 4.06. The molecule has 0 radical (unpaired) electrons. The maximum absolute atomic E-state index is 5.88. The van der Waals surface area contributed by atoms with E-state index in [1.807, 2.05) is 42.5 Å². The number of halogens is 1. The smallest absolute Gasteiger partial charge is 0.183 e. The molecule has 0 saturated heterocycles. The summed E-state index contributed by atoms with van der Waals surface area (Å²) in [7, 11) is 0. The van der Waals surface area contributed by atoms with E-state index in [4.69, 9.17) is 11.6 Å². The van der Waals surface area contributed by atoms with E-state index < -0.39 is 0 Å². The number of aromatic nitrogens is 3. The fraction of sp³-hybridized carbons (Fsp3) is 0.0588. The summed E-state index contributed by atoms with van der Waals surface area (Å²) in [6, 6.07) is 16.1. The van der Waals surface area contributed by atoms with Crippen LogP contribution >= 0.6 is 22.9 Å². The lowest BCUT2D eigenvalue weighted by molar-refractivity contribution is 1.17. The molecule has 114 valence electrons. The van der Waals surface area contributed by atoms with E-state index in [-0.39, 0.29) is 0 Å². The third-order valence-corrected chi connectivity index (χ3v) is 4.66. The van der Waals surface area contributed by atoms with Crippen LogP contribution in [0, 0.1) is 0 Å². The normalized spacial score (nSPS) is 11.0. The SMILES string of the molecule is Clc1ncc(CNc2ccccc2-c2nc3ccccc3[nH]2)s1. The topological polar surface area (TPSA) is 53.6 Å². The molecule has 0 aliphatic carbocycles. The molecule has 0 fully saturated rings. The average molecular weight is 341 g/mol. The van der Waals surface area contributed by atoms with Crippen LogP contribution in [0.5, 0.6) is 0 Å². The molecule has 0 bridgehead atoms. The first kappa shape index (κ1) is 14.2. The van der Waals surface area contributed by atoms with Gasteiger partial charge in [0.2, 0.25) is 0 Å². The zero-order valence-electron chi connectivity index (χ0n) is 12.1. The number of benzene rings is 2. The van der Waals surface area contributed by atoms with Crippen LogP contribution in [0.4, 0.5) is 5.69 Å². The van der Waals surface area contributed by atoms with Gasteiger partial charge in [0.05, 0.1) is 17.6 Å².